The molecule has 0 saturated carbocycles. The Bertz CT molecular complexity index is 1760. The zero-order valence-corrected chi connectivity index (χ0v) is 22.5. The molecule has 8 heteroatoms. The highest BCUT2D eigenvalue weighted by Gasteiger charge is 2.32. The van der Waals surface area contributed by atoms with Crippen LogP contribution in [-0.4, -0.2) is 18.8 Å². The van der Waals surface area contributed by atoms with Crippen LogP contribution in [0.25, 0.3) is 11.8 Å². The molecule has 0 radical (unpaired) electrons. The molecule has 0 N–H and O–H groups in total. The number of aryl methyl sites for hydroxylation is 1. The first-order valence-corrected chi connectivity index (χ1v) is 13.4. The molecule has 186 valence electrons. The fourth-order valence-electron chi connectivity index (χ4n) is 5.10. The van der Waals surface area contributed by atoms with Gasteiger partial charge in [0.2, 0.25) is 0 Å². The number of fused-ring (bicyclic) bond motifs is 3. The number of ether oxygens (including phenoxy) is 2. The summed E-state index contributed by atoms with van der Waals surface area (Å²) in [5.74, 6) is 0.920. The van der Waals surface area contributed by atoms with Gasteiger partial charge in [0.1, 0.15) is 17.3 Å². The van der Waals surface area contributed by atoms with Crippen molar-refractivity contribution < 1.29 is 13.9 Å². The lowest BCUT2D eigenvalue weighted by Gasteiger charge is -2.30. The van der Waals surface area contributed by atoms with E-state index >= 15 is 0 Å². The van der Waals surface area contributed by atoms with Gasteiger partial charge in [-0.2, -0.15) is 0 Å². The normalized spacial score (nSPS) is 16.5. The summed E-state index contributed by atoms with van der Waals surface area (Å²) in [6.45, 7) is 0. The van der Waals surface area contributed by atoms with Gasteiger partial charge in [0.15, 0.2) is 4.80 Å². The SMILES string of the molecule is COc1cc(OC)c(/C=c2/sc3n(c2=O)[C@H](c2ccc(F)cc2)C2=C(N=3)c3ccccc3CC2)cc1Br. The van der Waals surface area contributed by atoms with E-state index in [2.05, 4.69) is 28.1 Å². The summed E-state index contributed by atoms with van der Waals surface area (Å²) >= 11 is 4.87. The summed E-state index contributed by atoms with van der Waals surface area (Å²) in [7, 11) is 3.17. The van der Waals surface area contributed by atoms with E-state index in [0.29, 0.717) is 20.8 Å². The quantitative estimate of drug-likeness (QED) is 0.334. The van der Waals surface area contributed by atoms with Gasteiger partial charge < -0.3 is 9.47 Å². The van der Waals surface area contributed by atoms with E-state index < -0.39 is 0 Å². The topological polar surface area (TPSA) is 52.8 Å². The third-order valence-corrected chi connectivity index (χ3v) is 8.45. The van der Waals surface area contributed by atoms with E-state index in [9.17, 15) is 9.18 Å². The van der Waals surface area contributed by atoms with Gasteiger partial charge in [-0.05, 0) is 69.7 Å². The Morgan fingerprint density at radius 3 is 2.57 bits per heavy atom. The van der Waals surface area contributed by atoms with Gasteiger partial charge in [0.05, 0.1) is 35.0 Å². The number of halogens is 2. The van der Waals surface area contributed by atoms with Crippen molar-refractivity contribution in [1.29, 1.82) is 0 Å². The Kier molecular flexibility index (Phi) is 6.09. The van der Waals surface area contributed by atoms with Crippen LogP contribution in [0.1, 0.15) is 34.7 Å². The molecule has 0 saturated heterocycles. The number of allylic oxidation sites excluding steroid dienone is 1. The average molecular weight is 577 g/mol. The fraction of sp³-hybridized carbons (Fsp3) is 0.172. The molecule has 5 nitrogen and oxygen atoms in total. The first-order valence-electron chi connectivity index (χ1n) is 11.8. The number of benzene rings is 3. The number of hydrogen-bond acceptors (Lipinski definition) is 5. The predicted molar refractivity (Wildman–Crippen MR) is 146 cm³/mol. The van der Waals surface area contributed by atoms with E-state index in [1.165, 1.54) is 29.0 Å². The lowest BCUT2D eigenvalue weighted by molar-refractivity contribution is 0.392. The van der Waals surface area contributed by atoms with E-state index in [-0.39, 0.29) is 17.4 Å². The smallest absolute Gasteiger partial charge is 0.271 e. The zero-order valence-electron chi connectivity index (χ0n) is 20.1. The molecular formula is C29H22BrFN2O3S. The number of aromatic nitrogens is 1. The molecule has 0 bridgehead atoms. The highest BCUT2D eigenvalue weighted by Crippen LogP contribution is 2.41. The number of methoxy groups -OCH3 is 2. The maximum Gasteiger partial charge on any atom is 0.271 e. The molecule has 37 heavy (non-hydrogen) atoms. The molecule has 4 aromatic rings. The molecule has 6 rings (SSSR count). The molecule has 1 aromatic heterocycles. The standard InChI is InChI=1S/C29H22BrFN2O3S/c1-35-23-15-24(36-2)22(30)13-18(23)14-25-28(34)33-27(17-7-10-19(31)11-8-17)21-12-9-16-5-3-4-6-20(16)26(21)32-29(33)37-25/h3-8,10-11,13-15,27H,9,12H2,1-2H3/b25-14+/t27-/m1/s1. The second-order valence-electron chi connectivity index (χ2n) is 8.89. The van der Waals surface area contributed by atoms with Crippen LogP contribution in [0.2, 0.25) is 0 Å². The zero-order chi connectivity index (χ0) is 25.7. The Morgan fingerprint density at radius 2 is 1.81 bits per heavy atom. The molecule has 3 aromatic carbocycles. The summed E-state index contributed by atoms with van der Waals surface area (Å²) in [5.41, 5.74) is 5.79. The molecule has 1 atom stereocenters. The Hall–Kier alpha value is -3.49. The molecule has 1 aliphatic carbocycles. The Morgan fingerprint density at radius 1 is 1.05 bits per heavy atom. The molecule has 0 unspecified atom stereocenters. The minimum atomic E-state index is -0.355. The van der Waals surface area contributed by atoms with Gasteiger partial charge >= 0.3 is 0 Å². The highest BCUT2D eigenvalue weighted by molar-refractivity contribution is 9.10. The van der Waals surface area contributed by atoms with Crippen molar-refractivity contribution in [2.75, 3.05) is 14.2 Å². The number of hydrogen-bond donors (Lipinski definition) is 0. The molecule has 1 aliphatic heterocycles. The van der Waals surface area contributed by atoms with Crippen molar-refractivity contribution in [3.8, 4) is 11.5 Å². The van der Waals surface area contributed by atoms with Gasteiger partial charge in [0.25, 0.3) is 5.56 Å². The van der Waals surface area contributed by atoms with Crippen LogP contribution >= 0.6 is 27.3 Å². The van der Waals surface area contributed by atoms with E-state index in [4.69, 9.17) is 14.5 Å². The summed E-state index contributed by atoms with van der Waals surface area (Å²) in [4.78, 5) is 19.5. The van der Waals surface area contributed by atoms with Crippen molar-refractivity contribution in [3.63, 3.8) is 0 Å². The minimum absolute atomic E-state index is 0.141. The average Bonchev–Trinajstić information content (AvgIpc) is 3.22. The van der Waals surface area contributed by atoms with E-state index in [0.717, 1.165) is 45.3 Å². The maximum absolute atomic E-state index is 13.9. The van der Waals surface area contributed by atoms with Crippen LogP contribution in [0.3, 0.4) is 0 Å². The second-order valence-corrected chi connectivity index (χ2v) is 10.8. The van der Waals surface area contributed by atoms with Crippen LogP contribution in [-0.2, 0) is 6.42 Å². The van der Waals surface area contributed by atoms with Gasteiger partial charge in [-0.25, -0.2) is 9.38 Å². The van der Waals surface area contributed by atoms with Crippen LogP contribution in [0.15, 0.2) is 80.5 Å². The third-order valence-electron chi connectivity index (χ3n) is 6.85. The lowest BCUT2D eigenvalue weighted by Crippen LogP contribution is -2.38. The maximum atomic E-state index is 13.9. The first kappa shape index (κ1) is 23.9. The fourth-order valence-corrected chi connectivity index (χ4v) is 6.62. The monoisotopic (exact) mass is 576 g/mol. The molecular weight excluding hydrogens is 555 g/mol. The van der Waals surface area contributed by atoms with Crippen LogP contribution < -0.4 is 24.4 Å². The van der Waals surface area contributed by atoms with Crippen molar-refractivity contribution >= 4 is 39.0 Å². The third kappa shape index (κ3) is 4.04. The van der Waals surface area contributed by atoms with Gasteiger partial charge in [-0.3, -0.25) is 9.36 Å². The molecule has 0 amide bonds. The van der Waals surface area contributed by atoms with Gasteiger partial charge in [-0.1, -0.05) is 47.7 Å². The van der Waals surface area contributed by atoms with Crippen molar-refractivity contribution in [2.45, 2.75) is 18.9 Å². The minimum Gasteiger partial charge on any atom is -0.496 e. The van der Waals surface area contributed by atoms with Crippen molar-refractivity contribution in [1.82, 2.24) is 4.57 Å². The van der Waals surface area contributed by atoms with Gasteiger partial charge in [0, 0.05) is 17.2 Å². The Balaban J connectivity index is 1.61. The second kappa shape index (κ2) is 9.43. The van der Waals surface area contributed by atoms with E-state index in [1.807, 2.05) is 24.3 Å². The van der Waals surface area contributed by atoms with Crippen molar-refractivity contribution in [2.24, 2.45) is 4.99 Å². The molecule has 0 fully saturated rings. The van der Waals surface area contributed by atoms with Crippen LogP contribution in [0, 0.1) is 5.82 Å². The van der Waals surface area contributed by atoms with Crippen LogP contribution in [0.5, 0.6) is 11.5 Å². The van der Waals surface area contributed by atoms with Crippen LogP contribution in [0.4, 0.5) is 4.39 Å². The predicted octanol–water partition coefficient (Wildman–Crippen LogP) is 5.24. The molecule has 2 aliphatic rings. The molecule has 2 heterocycles. The summed E-state index contributed by atoms with van der Waals surface area (Å²) in [6, 6.07) is 18.0. The number of thiazole rings is 1. The number of nitrogens with zero attached hydrogens (tertiary/aromatic N) is 2. The molecule has 0 spiro atoms. The lowest BCUT2D eigenvalue weighted by atomic mass is 9.83. The van der Waals surface area contributed by atoms with E-state index in [1.54, 1.807) is 37.0 Å². The number of rotatable bonds is 4. The van der Waals surface area contributed by atoms with Gasteiger partial charge in [-0.15, -0.1) is 0 Å². The summed E-state index contributed by atoms with van der Waals surface area (Å²) in [6.07, 6.45) is 3.47. The summed E-state index contributed by atoms with van der Waals surface area (Å²) < 4.78 is 27.8. The van der Waals surface area contributed by atoms with Crippen molar-refractivity contribution in [3.05, 3.63) is 118 Å². The summed E-state index contributed by atoms with van der Waals surface area (Å²) in [5, 5.41) is 0. The first-order chi connectivity index (χ1) is 18.0. The largest absolute Gasteiger partial charge is 0.496 e. The highest BCUT2D eigenvalue weighted by atomic mass is 79.9. The Labute approximate surface area is 225 Å².